The molecular weight excluding hydrogens is 707 g/mol. The van der Waals surface area contributed by atoms with Crippen molar-refractivity contribution in [1.82, 2.24) is 5.32 Å². The topological polar surface area (TPSA) is 108 Å². The normalized spacial score (nSPS) is 14.7. The maximum atomic E-state index is 12.8. The minimum absolute atomic E-state index is 0.00804. The lowest BCUT2D eigenvalue weighted by molar-refractivity contribution is -0.870. The molecule has 0 bridgehead atoms. The van der Waals surface area contributed by atoms with Crippen LogP contribution >= 0.6 is 7.82 Å². The maximum absolute atomic E-state index is 12.8. The summed E-state index contributed by atoms with van der Waals surface area (Å²) >= 11 is 0. The molecule has 3 atom stereocenters. The van der Waals surface area contributed by atoms with E-state index in [4.69, 9.17) is 9.05 Å². The highest BCUT2D eigenvalue weighted by molar-refractivity contribution is 7.45. The van der Waals surface area contributed by atoms with Crippen molar-refractivity contribution in [3.8, 4) is 0 Å². The molecule has 0 saturated heterocycles. The largest absolute Gasteiger partial charge is 0.756 e. The average Bonchev–Trinajstić information content (AvgIpc) is 3.13. The van der Waals surface area contributed by atoms with E-state index in [0.29, 0.717) is 17.4 Å². The van der Waals surface area contributed by atoms with Gasteiger partial charge in [0.25, 0.3) is 7.82 Å². The van der Waals surface area contributed by atoms with Gasteiger partial charge in [0, 0.05) is 6.42 Å². The van der Waals surface area contributed by atoms with Gasteiger partial charge in [0.05, 0.1) is 39.9 Å². The first kappa shape index (κ1) is 53.7. The highest BCUT2D eigenvalue weighted by Crippen LogP contribution is 2.38. The fourth-order valence-electron chi connectivity index (χ4n) is 6.38. The van der Waals surface area contributed by atoms with Gasteiger partial charge in [0.15, 0.2) is 0 Å². The van der Waals surface area contributed by atoms with Gasteiger partial charge >= 0.3 is 0 Å². The highest BCUT2D eigenvalue weighted by atomic mass is 31.2. The van der Waals surface area contributed by atoms with Crippen LogP contribution in [0.25, 0.3) is 0 Å². The van der Waals surface area contributed by atoms with Gasteiger partial charge in [-0.05, 0) is 51.4 Å². The van der Waals surface area contributed by atoms with E-state index in [1.807, 2.05) is 27.2 Å². The molecule has 9 heteroatoms. The van der Waals surface area contributed by atoms with Crippen molar-refractivity contribution >= 4 is 13.7 Å². The number of carbonyl (C=O) groups is 1. The summed E-state index contributed by atoms with van der Waals surface area (Å²) in [5.41, 5.74) is 0. The van der Waals surface area contributed by atoms with E-state index in [0.717, 1.165) is 64.2 Å². The molecule has 0 aromatic carbocycles. The molecule has 0 aliphatic rings. The second-order valence-corrected chi connectivity index (χ2v) is 18.2. The molecule has 0 spiro atoms. The van der Waals surface area contributed by atoms with E-state index in [9.17, 15) is 19.4 Å². The molecule has 0 aliphatic heterocycles. The summed E-state index contributed by atoms with van der Waals surface area (Å²) < 4.78 is 23.1. The van der Waals surface area contributed by atoms with Crippen LogP contribution in [0.2, 0.25) is 0 Å². The molecule has 0 heterocycles. The van der Waals surface area contributed by atoms with E-state index in [-0.39, 0.29) is 12.5 Å². The third-order valence-corrected chi connectivity index (χ3v) is 11.0. The summed E-state index contributed by atoms with van der Waals surface area (Å²) in [5, 5.41) is 13.7. The average molecular weight is 797 g/mol. The Hall–Kier alpha value is -1.28. The molecule has 0 radical (unpaired) electrons. The third-order valence-electron chi connectivity index (χ3n) is 10.1. The van der Waals surface area contributed by atoms with E-state index in [2.05, 4.69) is 43.5 Å². The number of allylic oxidation sites excluding steroid dienone is 5. The Bertz CT molecular complexity index is 995. The Kier molecular flexibility index (Phi) is 37.4. The van der Waals surface area contributed by atoms with Crippen molar-refractivity contribution < 1.29 is 32.9 Å². The molecule has 3 unspecified atom stereocenters. The number of likely N-dealkylation sites (N-methyl/N-ethyl adjacent to an activating group) is 1. The standard InChI is InChI=1S/C46H89N2O6P/c1-6-8-10-12-14-16-18-19-20-21-22-23-24-25-26-27-28-30-31-33-35-37-39-45(49)44(43-54-55(51,52)53-42-41-48(3,4)5)47-46(50)40-38-36-34-32-29-17-15-13-11-9-7-2/h13,15,30-31,37,39,44-45,49H,6-12,14,16-29,32-36,38,40-43H2,1-5H3,(H-,47,50,51,52)/b15-13-,31-30+,39-37+. The number of carbonyl (C=O) groups excluding carboxylic acids is 1. The van der Waals surface area contributed by atoms with Gasteiger partial charge in [-0.2, -0.15) is 0 Å². The van der Waals surface area contributed by atoms with Crippen LogP contribution in [0.3, 0.4) is 0 Å². The number of aliphatic hydroxyl groups is 1. The lowest BCUT2D eigenvalue weighted by Crippen LogP contribution is -2.45. The first-order valence-electron chi connectivity index (χ1n) is 22.9. The van der Waals surface area contributed by atoms with Gasteiger partial charge in [-0.15, -0.1) is 0 Å². The van der Waals surface area contributed by atoms with Crippen molar-refractivity contribution in [1.29, 1.82) is 0 Å². The zero-order chi connectivity index (χ0) is 40.7. The fourth-order valence-corrected chi connectivity index (χ4v) is 7.11. The van der Waals surface area contributed by atoms with E-state index < -0.39 is 26.6 Å². The van der Waals surface area contributed by atoms with E-state index >= 15 is 0 Å². The van der Waals surface area contributed by atoms with Gasteiger partial charge in [-0.3, -0.25) is 9.36 Å². The van der Waals surface area contributed by atoms with Crippen molar-refractivity contribution in [3.63, 3.8) is 0 Å². The van der Waals surface area contributed by atoms with Crippen LogP contribution in [0.1, 0.15) is 200 Å². The van der Waals surface area contributed by atoms with Crippen LogP contribution < -0.4 is 10.2 Å². The number of phosphoric ester groups is 1. The Morgan fingerprint density at radius 3 is 1.53 bits per heavy atom. The number of unbranched alkanes of at least 4 members (excludes halogenated alkanes) is 24. The second kappa shape index (κ2) is 38.2. The third kappa shape index (κ3) is 40.7. The quantitative estimate of drug-likeness (QED) is 0.0276. The lowest BCUT2D eigenvalue weighted by atomic mass is 10.0. The second-order valence-electron chi connectivity index (χ2n) is 16.7. The van der Waals surface area contributed by atoms with E-state index in [1.165, 1.54) is 116 Å². The summed E-state index contributed by atoms with van der Waals surface area (Å²) in [6.45, 7) is 4.58. The summed E-state index contributed by atoms with van der Waals surface area (Å²) in [7, 11) is 1.24. The first-order valence-corrected chi connectivity index (χ1v) is 24.3. The number of amides is 1. The Morgan fingerprint density at radius 1 is 0.618 bits per heavy atom. The van der Waals surface area contributed by atoms with Crippen molar-refractivity contribution in [2.75, 3.05) is 40.9 Å². The predicted octanol–water partition coefficient (Wildman–Crippen LogP) is 12.1. The Morgan fingerprint density at radius 2 is 1.04 bits per heavy atom. The molecule has 324 valence electrons. The number of nitrogens with one attached hydrogen (secondary N) is 1. The molecule has 0 aromatic heterocycles. The lowest BCUT2D eigenvalue weighted by Gasteiger charge is -2.29. The molecule has 0 aliphatic carbocycles. The predicted molar refractivity (Wildman–Crippen MR) is 233 cm³/mol. The number of quaternary nitrogens is 1. The SMILES string of the molecule is CCCC/C=C\CCCCCCCC(=O)NC(COP(=O)([O-])OCC[N+](C)(C)C)C(O)/C=C/CC/C=C/CCCCCCCCCCCCCCCCCC. The minimum atomic E-state index is -4.59. The first-order chi connectivity index (χ1) is 26.5. The maximum Gasteiger partial charge on any atom is 0.268 e. The van der Waals surface area contributed by atoms with E-state index in [1.54, 1.807) is 6.08 Å². The molecule has 0 rings (SSSR count). The van der Waals surface area contributed by atoms with Crippen LogP contribution in [0.4, 0.5) is 0 Å². The highest BCUT2D eigenvalue weighted by Gasteiger charge is 2.23. The summed E-state index contributed by atoms with van der Waals surface area (Å²) in [5.74, 6) is -0.219. The van der Waals surface area contributed by atoms with Crippen molar-refractivity contribution in [2.24, 2.45) is 0 Å². The molecular formula is C46H89N2O6P. The van der Waals surface area contributed by atoms with Crippen molar-refractivity contribution in [3.05, 3.63) is 36.5 Å². The number of phosphoric acid groups is 1. The fraction of sp³-hybridized carbons (Fsp3) is 0.848. The van der Waals surface area contributed by atoms with Gasteiger partial charge < -0.3 is 28.8 Å². The monoisotopic (exact) mass is 797 g/mol. The van der Waals surface area contributed by atoms with Crippen molar-refractivity contribution in [2.45, 2.75) is 212 Å². The Balaban J connectivity index is 4.38. The van der Waals surface area contributed by atoms with Gasteiger partial charge in [-0.1, -0.05) is 179 Å². The van der Waals surface area contributed by atoms with Gasteiger partial charge in [0.2, 0.25) is 5.91 Å². The number of hydrogen-bond donors (Lipinski definition) is 2. The molecule has 2 N–H and O–H groups in total. The van der Waals surface area contributed by atoms with Crippen LogP contribution in [0.5, 0.6) is 0 Å². The zero-order valence-corrected chi connectivity index (χ0v) is 37.5. The minimum Gasteiger partial charge on any atom is -0.756 e. The number of aliphatic hydroxyl groups excluding tert-OH is 1. The summed E-state index contributed by atoms with van der Waals surface area (Å²) in [4.78, 5) is 25.2. The number of nitrogens with zero attached hydrogens (tertiary/aromatic N) is 1. The zero-order valence-electron chi connectivity index (χ0n) is 36.6. The molecule has 0 fully saturated rings. The summed E-state index contributed by atoms with van der Waals surface area (Å²) in [6.07, 6.45) is 46.3. The van der Waals surface area contributed by atoms with Crippen LogP contribution in [-0.2, 0) is 18.4 Å². The molecule has 1 amide bonds. The summed E-state index contributed by atoms with van der Waals surface area (Å²) in [6, 6.07) is -0.905. The molecule has 8 nitrogen and oxygen atoms in total. The van der Waals surface area contributed by atoms with Gasteiger partial charge in [0.1, 0.15) is 13.2 Å². The molecule has 55 heavy (non-hydrogen) atoms. The number of rotatable bonds is 41. The Labute approximate surface area is 340 Å². The van der Waals surface area contributed by atoms with Gasteiger partial charge in [-0.25, -0.2) is 0 Å². The van der Waals surface area contributed by atoms with Crippen LogP contribution in [0, 0.1) is 0 Å². The molecule has 0 aromatic rings. The smallest absolute Gasteiger partial charge is 0.268 e. The van der Waals surface area contributed by atoms with Crippen LogP contribution in [-0.4, -0.2) is 68.5 Å². The molecule has 0 saturated carbocycles. The number of hydrogen-bond acceptors (Lipinski definition) is 6. The van der Waals surface area contributed by atoms with Crippen LogP contribution in [0.15, 0.2) is 36.5 Å².